The van der Waals surface area contributed by atoms with Crippen molar-refractivity contribution in [3.63, 3.8) is 0 Å². The molecule has 0 aliphatic carbocycles. The molecule has 3 heteroatoms. The van der Waals surface area contributed by atoms with E-state index >= 15 is 0 Å². The van der Waals surface area contributed by atoms with E-state index in [0.29, 0.717) is 6.54 Å². The van der Waals surface area contributed by atoms with Gasteiger partial charge in [-0.1, -0.05) is 36.4 Å². The third kappa shape index (κ3) is 1.72. The fourth-order valence-electron chi connectivity index (χ4n) is 2.15. The Morgan fingerprint density at radius 3 is 2.59 bits per heavy atom. The third-order valence-corrected chi connectivity index (χ3v) is 4.78. The molecule has 0 fully saturated rings. The topological polar surface area (TPSA) is 43.1 Å². The second-order valence-corrected chi connectivity index (χ2v) is 5.81. The Bertz CT molecular complexity index is 633. The number of hydrogen-bond donors (Lipinski definition) is 1. The summed E-state index contributed by atoms with van der Waals surface area (Å²) in [6.07, 6.45) is 3.98. The summed E-state index contributed by atoms with van der Waals surface area (Å²) in [4.78, 5) is 0.904. The van der Waals surface area contributed by atoms with Crippen molar-refractivity contribution in [1.29, 1.82) is 0 Å². The molecule has 1 heterocycles. The van der Waals surface area contributed by atoms with Gasteiger partial charge in [-0.05, 0) is 28.5 Å². The smallest absolute Gasteiger partial charge is 0.0700 e. The van der Waals surface area contributed by atoms with E-state index in [1.165, 1.54) is 5.39 Å². The van der Waals surface area contributed by atoms with Crippen molar-refractivity contribution >= 4 is 27.6 Å². The van der Waals surface area contributed by atoms with Crippen molar-refractivity contribution in [2.75, 3.05) is 6.54 Å². The third-order valence-electron chi connectivity index (χ3n) is 3.09. The Hall–Kier alpha value is -1.45. The van der Waals surface area contributed by atoms with E-state index in [1.54, 1.807) is 0 Å². The molecule has 0 aromatic heterocycles. The Kier molecular flexibility index (Phi) is 2.57. The van der Waals surface area contributed by atoms with Crippen molar-refractivity contribution in [2.45, 2.75) is 10.1 Å². The van der Waals surface area contributed by atoms with E-state index < -0.39 is 10.8 Å². The van der Waals surface area contributed by atoms with Crippen LogP contribution in [0.1, 0.15) is 5.56 Å². The van der Waals surface area contributed by atoms with Crippen LogP contribution in [0.15, 0.2) is 47.4 Å². The summed E-state index contributed by atoms with van der Waals surface area (Å²) in [6, 6.07) is 12.2. The lowest BCUT2D eigenvalue weighted by molar-refractivity contribution is 0.677. The van der Waals surface area contributed by atoms with Crippen molar-refractivity contribution < 1.29 is 4.21 Å². The van der Waals surface area contributed by atoms with E-state index in [1.807, 2.05) is 36.4 Å². The first-order valence-electron chi connectivity index (χ1n) is 5.61. The van der Waals surface area contributed by atoms with Gasteiger partial charge in [0.05, 0.1) is 16.0 Å². The number of rotatable bonds is 1. The van der Waals surface area contributed by atoms with Crippen LogP contribution in [-0.2, 0) is 10.8 Å². The lowest BCUT2D eigenvalue weighted by atomic mass is 10.1. The van der Waals surface area contributed by atoms with Crippen LogP contribution in [0.4, 0.5) is 0 Å². The first-order chi connectivity index (χ1) is 8.29. The highest BCUT2D eigenvalue weighted by molar-refractivity contribution is 7.86. The highest BCUT2D eigenvalue weighted by Gasteiger charge is 2.21. The Labute approximate surface area is 103 Å². The maximum Gasteiger partial charge on any atom is 0.0700 e. The molecule has 2 unspecified atom stereocenters. The molecule has 0 saturated carbocycles. The predicted molar refractivity (Wildman–Crippen MR) is 72.2 cm³/mol. The lowest BCUT2D eigenvalue weighted by Gasteiger charge is -2.18. The molecule has 2 nitrogen and oxygen atoms in total. The van der Waals surface area contributed by atoms with Gasteiger partial charge in [-0.2, -0.15) is 0 Å². The lowest BCUT2D eigenvalue weighted by Crippen LogP contribution is -2.25. The SMILES string of the molecule is NCC1C=Cc2cc3ccccc3cc2S1=O. The second-order valence-electron chi connectivity index (χ2n) is 4.17. The van der Waals surface area contributed by atoms with E-state index in [-0.39, 0.29) is 5.25 Å². The molecule has 0 spiro atoms. The molecule has 86 valence electrons. The van der Waals surface area contributed by atoms with E-state index in [9.17, 15) is 4.21 Å². The maximum atomic E-state index is 12.3. The van der Waals surface area contributed by atoms with Crippen molar-refractivity contribution in [2.24, 2.45) is 5.73 Å². The molecule has 0 amide bonds. The summed E-state index contributed by atoms with van der Waals surface area (Å²) in [5, 5.41) is 2.26. The van der Waals surface area contributed by atoms with Crippen LogP contribution in [0, 0.1) is 0 Å². The molecule has 2 atom stereocenters. The van der Waals surface area contributed by atoms with Gasteiger partial charge in [0.25, 0.3) is 0 Å². The zero-order valence-electron chi connectivity index (χ0n) is 9.30. The van der Waals surface area contributed by atoms with Gasteiger partial charge in [0.15, 0.2) is 0 Å². The largest absolute Gasteiger partial charge is 0.329 e. The van der Waals surface area contributed by atoms with E-state index in [0.717, 1.165) is 15.8 Å². The van der Waals surface area contributed by atoms with Gasteiger partial charge in [-0.25, -0.2) is 0 Å². The Balaban J connectivity index is 2.24. The summed E-state index contributed by atoms with van der Waals surface area (Å²) >= 11 is 0. The van der Waals surface area contributed by atoms with Crippen LogP contribution in [0.25, 0.3) is 16.8 Å². The molecule has 1 aliphatic rings. The zero-order chi connectivity index (χ0) is 11.8. The fraction of sp³-hybridized carbons (Fsp3) is 0.143. The van der Waals surface area contributed by atoms with Crippen molar-refractivity contribution in [3.8, 4) is 0 Å². The van der Waals surface area contributed by atoms with Gasteiger partial charge in [-0.3, -0.25) is 4.21 Å². The molecular formula is C14H13NOS. The zero-order valence-corrected chi connectivity index (χ0v) is 10.1. The second kappa shape index (κ2) is 4.09. The first-order valence-corrected chi connectivity index (χ1v) is 6.82. The minimum absolute atomic E-state index is 0.0522. The Morgan fingerprint density at radius 2 is 1.88 bits per heavy atom. The van der Waals surface area contributed by atoms with Gasteiger partial charge < -0.3 is 5.73 Å². The fourth-order valence-corrected chi connectivity index (χ4v) is 3.48. The molecule has 0 saturated heterocycles. The normalized spacial score (nSPS) is 22.6. The summed E-state index contributed by atoms with van der Waals surface area (Å²) in [5.41, 5.74) is 6.67. The molecule has 17 heavy (non-hydrogen) atoms. The number of benzene rings is 2. The average molecular weight is 243 g/mol. The van der Waals surface area contributed by atoms with E-state index in [4.69, 9.17) is 5.73 Å². The first kappa shape index (κ1) is 10.7. The minimum atomic E-state index is -1.02. The van der Waals surface area contributed by atoms with Gasteiger partial charge >= 0.3 is 0 Å². The van der Waals surface area contributed by atoms with Crippen LogP contribution in [0.5, 0.6) is 0 Å². The molecule has 1 aliphatic heterocycles. The maximum absolute atomic E-state index is 12.3. The molecule has 2 aromatic rings. The molecular weight excluding hydrogens is 230 g/mol. The van der Waals surface area contributed by atoms with E-state index in [2.05, 4.69) is 12.1 Å². The summed E-state index contributed by atoms with van der Waals surface area (Å²) in [7, 11) is -1.02. The number of nitrogens with two attached hydrogens (primary N) is 1. The van der Waals surface area contributed by atoms with Gasteiger partial charge in [0, 0.05) is 11.4 Å². The van der Waals surface area contributed by atoms with Gasteiger partial charge in [0.2, 0.25) is 0 Å². The molecule has 0 radical (unpaired) electrons. The molecule has 2 aromatic carbocycles. The van der Waals surface area contributed by atoms with Crippen LogP contribution in [0.2, 0.25) is 0 Å². The molecule has 3 rings (SSSR count). The van der Waals surface area contributed by atoms with Crippen molar-refractivity contribution in [1.82, 2.24) is 0 Å². The molecule has 0 bridgehead atoms. The summed E-state index contributed by atoms with van der Waals surface area (Å²) in [5.74, 6) is 0. The van der Waals surface area contributed by atoms with Gasteiger partial charge in [0.1, 0.15) is 0 Å². The summed E-state index contributed by atoms with van der Waals surface area (Å²) in [6.45, 7) is 0.426. The average Bonchev–Trinajstić information content (AvgIpc) is 2.37. The van der Waals surface area contributed by atoms with Crippen LogP contribution >= 0.6 is 0 Å². The number of hydrogen-bond acceptors (Lipinski definition) is 2. The van der Waals surface area contributed by atoms with Crippen molar-refractivity contribution in [3.05, 3.63) is 48.0 Å². The van der Waals surface area contributed by atoms with Gasteiger partial charge in [-0.15, -0.1) is 0 Å². The number of fused-ring (bicyclic) bond motifs is 2. The van der Waals surface area contributed by atoms with Crippen LogP contribution in [-0.4, -0.2) is 16.0 Å². The highest BCUT2D eigenvalue weighted by Crippen LogP contribution is 2.28. The molecule has 2 N–H and O–H groups in total. The Morgan fingerprint density at radius 1 is 1.18 bits per heavy atom. The van der Waals surface area contributed by atoms with Crippen LogP contribution in [0.3, 0.4) is 0 Å². The standard InChI is InChI=1S/C14H13NOS/c15-9-13-6-5-12-7-10-3-1-2-4-11(10)8-14(12)17(13)16/h1-8,13H,9,15H2. The monoisotopic (exact) mass is 243 g/mol. The quantitative estimate of drug-likeness (QED) is 0.835. The van der Waals surface area contributed by atoms with Crippen LogP contribution < -0.4 is 5.73 Å². The predicted octanol–water partition coefficient (Wildman–Crippen LogP) is 2.30. The minimum Gasteiger partial charge on any atom is -0.329 e. The highest BCUT2D eigenvalue weighted by atomic mass is 32.2. The summed E-state index contributed by atoms with van der Waals surface area (Å²) < 4.78 is 12.3.